The minimum atomic E-state index is -0.614. The number of aliphatic hydroxyl groups is 2. The van der Waals surface area contributed by atoms with Gasteiger partial charge in [0, 0.05) is 45.3 Å². The molecule has 2 rings (SSSR count). The van der Waals surface area contributed by atoms with Crippen LogP contribution in [0.4, 0.5) is 0 Å². The van der Waals surface area contributed by atoms with Gasteiger partial charge in [0.2, 0.25) is 11.8 Å². The molecular formula is C22H42N4O4. The van der Waals surface area contributed by atoms with Gasteiger partial charge in [0.25, 0.3) is 0 Å². The summed E-state index contributed by atoms with van der Waals surface area (Å²) < 4.78 is 0. The Bertz CT molecular complexity index is 573. The van der Waals surface area contributed by atoms with Crippen LogP contribution in [0.2, 0.25) is 0 Å². The van der Waals surface area contributed by atoms with E-state index in [1.165, 1.54) is 0 Å². The van der Waals surface area contributed by atoms with Gasteiger partial charge in [0.1, 0.15) is 6.23 Å². The van der Waals surface area contributed by atoms with Gasteiger partial charge in [-0.25, -0.2) is 0 Å². The van der Waals surface area contributed by atoms with E-state index in [2.05, 4.69) is 13.8 Å². The van der Waals surface area contributed by atoms with E-state index in [0.29, 0.717) is 51.5 Å². The topological polar surface area (TPSA) is 87.6 Å². The minimum Gasteiger partial charge on any atom is -0.392 e. The Balaban J connectivity index is 1.93. The number of nitrogens with zero attached hydrogens (tertiary/aromatic N) is 4. The first-order chi connectivity index (χ1) is 14.2. The summed E-state index contributed by atoms with van der Waals surface area (Å²) in [5, 5.41) is 21.3. The van der Waals surface area contributed by atoms with Crippen LogP contribution in [0.5, 0.6) is 0 Å². The zero-order valence-electron chi connectivity index (χ0n) is 19.5. The van der Waals surface area contributed by atoms with Gasteiger partial charge in [-0.3, -0.25) is 19.4 Å². The summed E-state index contributed by atoms with van der Waals surface area (Å²) in [6.45, 7) is 14.6. The Hall–Kier alpha value is -1.22. The zero-order valence-corrected chi connectivity index (χ0v) is 19.5. The standard InChI is InChI=1S/C22H42N4O4/c1-6-24-9-8-23(14-21(24)29)13-19(27)17(5)11-18-12-25(20(28)10-16(3)4)15-22(30)26(18)7-2/h16-20,27-28H,6-15H2,1-5H3. The van der Waals surface area contributed by atoms with Crippen molar-refractivity contribution >= 4 is 11.8 Å². The molecule has 2 N–H and O–H groups in total. The van der Waals surface area contributed by atoms with Crippen molar-refractivity contribution in [2.24, 2.45) is 11.8 Å². The van der Waals surface area contributed by atoms with E-state index in [4.69, 9.17) is 0 Å². The number of carbonyl (C=O) groups is 2. The monoisotopic (exact) mass is 426 g/mol. The molecule has 2 aliphatic heterocycles. The third kappa shape index (κ3) is 6.64. The third-order valence-corrected chi connectivity index (χ3v) is 6.51. The molecule has 0 spiro atoms. The fourth-order valence-corrected chi connectivity index (χ4v) is 4.61. The van der Waals surface area contributed by atoms with E-state index < -0.39 is 12.3 Å². The first kappa shape index (κ1) is 25.0. The molecule has 2 heterocycles. The van der Waals surface area contributed by atoms with Crippen LogP contribution in [0.1, 0.15) is 47.5 Å². The van der Waals surface area contributed by atoms with E-state index in [0.717, 1.165) is 13.1 Å². The number of amides is 2. The van der Waals surface area contributed by atoms with Crippen LogP contribution >= 0.6 is 0 Å². The summed E-state index contributed by atoms with van der Waals surface area (Å²) >= 11 is 0. The lowest BCUT2D eigenvalue weighted by Gasteiger charge is -2.44. The molecule has 2 saturated heterocycles. The fourth-order valence-electron chi connectivity index (χ4n) is 4.61. The lowest BCUT2D eigenvalue weighted by Crippen LogP contribution is -2.59. The van der Waals surface area contributed by atoms with Gasteiger partial charge < -0.3 is 20.0 Å². The van der Waals surface area contributed by atoms with Gasteiger partial charge in [0.15, 0.2) is 0 Å². The lowest BCUT2D eigenvalue weighted by atomic mass is 9.92. The van der Waals surface area contributed by atoms with E-state index >= 15 is 0 Å². The van der Waals surface area contributed by atoms with Crippen LogP contribution in [-0.4, -0.2) is 112 Å². The summed E-state index contributed by atoms with van der Waals surface area (Å²) in [5.41, 5.74) is 0. The Morgan fingerprint density at radius 3 is 2.27 bits per heavy atom. The molecule has 0 aromatic heterocycles. The molecule has 2 amide bonds. The maximum Gasteiger partial charge on any atom is 0.237 e. The smallest absolute Gasteiger partial charge is 0.237 e. The summed E-state index contributed by atoms with van der Waals surface area (Å²) in [6.07, 6.45) is 0.142. The molecule has 30 heavy (non-hydrogen) atoms. The van der Waals surface area contributed by atoms with E-state index in [1.807, 2.05) is 40.4 Å². The van der Waals surface area contributed by atoms with Crippen molar-refractivity contribution < 1.29 is 19.8 Å². The van der Waals surface area contributed by atoms with Crippen LogP contribution in [0, 0.1) is 11.8 Å². The predicted molar refractivity (Wildman–Crippen MR) is 117 cm³/mol. The Labute approximate surface area is 181 Å². The second kappa shape index (κ2) is 11.4. The number of rotatable bonds is 10. The van der Waals surface area contributed by atoms with Crippen molar-refractivity contribution in [2.75, 3.05) is 52.4 Å². The van der Waals surface area contributed by atoms with Crippen LogP contribution < -0.4 is 0 Å². The Morgan fingerprint density at radius 1 is 1.00 bits per heavy atom. The molecule has 0 aromatic rings. The summed E-state index contributed by atoms with van der Waals surface area (Å²) in [6, 6.07) is -0.0266. The number of piperazine rings is 2. The maximum atomic E-state index is 12.7. The summed E-state index contributed by atoms with van der Waals surface area (Å²) in [5.74, 6) is 0.501. The molecule has 4 atom stereocenters. The first-order valence-electron chi connectivity index (χ1n) is 11.6. The van der Waals surface area contributed by atoms with Crippen LogP contribution in [0.3, 0.4) is 0 Å². The molecule has 0 aromatic carbocycles. The van der Waals surface area contributed by atoms with Gasteiger partial charge in [-0.2, -0.15) is 0 Å². The molecule has 0 aliphatic carbocycles. The second-order valence-corrected chi connectivity index (χ2v) is 9.36. The van der Waals surface area contributed by atoms with E-state index in [-0.39, 0.29) is 30.3 Å². The largest absolute Gasteiger partial charge is 0.392 e. The zero-order chi connectivity index (χ0) is 22.4. The molecule has 2 fully saturated rings. The molecule has 174 valence electrons. The fraction of sp³-hybridized carbons (Fsp3) is 0.909. The second-order valence-electron chi connectivity index (χ2n) is 9.36. The summed E-state index contributed by atoms with van der Waals surface area (Å²) in [7, 11) is 0. The third-order valence-electron chi connectivity index (χ3n) is 6.51. The van der Waals surface area contributed by atoms with Gasteiger partial charge in [-0.15, -0.1) is 0 Å². The number of aliphatic hydroxyl groups excluding tert-OH is 2. The van der Waals surface area contributed by atoms with Crippen molar-refractivity contribution in [1.29, 1.82) is 0 Å². The van der Waals surface area contributed by atoms with E-state index in [9.17, 15) is 19.8 Å². The average molecular weight is 427 g/mol. The minimum absolute atomic E-state index is 0.0154. The molecular weight excluding hydrogens is 384 g/mol. The molecule has 0 saturated carbocycles. The average Bonchev–Trinajstić information content (AvgIpc) is 2.67. The number of hydrogen-bond donors (Lipinski definition) is 2. The van der Waals surface area contributed by atoms with Gasteiger partial charge in [-0.05, 0) is 38.5 Å². The van der Waals surface area contributed by atoms with Crippen LogP contribution in [0.25, 0.3) is 0 Å². The molecule has 0 bridgehead atoms. The normalized spacial score (nSPS) is 25.1. The molecule has 8 heteroatoms. The molecule has 8 nitrogen and oxygen atoms in total. The Kier molecular flexibility index (Phi) is 9.53. The van der Waals surface area contributed by atoms with Gasteiger partial charge in [0.05, 0.1) is 19.2 Å². The molecule has 0 radical (unpaired) electrons. The van der Waals surface area contributed by atoms with Crippen LogP contribution in [-0.2, 0) is 9.59 Å². The molecule has 2 aliphatic rings. The Morgan fingerprint density at radius 2 is 1.70 bits per heavy atom. The highest BCUT2D eigenvalue weighted by Crippen LogP contribution is 2.23. The number of likely N-dealkylation sites (N-methyl/N-ethyl adjacent to an activating group) is 2. The summed E-state index contributed by atoms with van der Waals surface area (Å²) in [4.78, 5) is 32.4. The molecule has 4 unspecified atom stereocenters. The van der Waals surface area contributed by atoms with Gasteiger partial charge in [-0.1, -0.05) is 20.8 Å². The van der Waals surface area contributed by atoms with Crippen molar-refractivity contribution in [3.8, 4) is 0 Å². The number of hydrogen-bond acceptors (Lipinski definition) is 6. The predicted octanol–water partition coefficient (Wildman–Crippen LogP) is 0.435. The lowest BCUT2D eigenvalue weighted by molar-refractivity contribution is -0.148. The quantitative estimate of drug-likeness (QED) is 0.527. The van der Waals surface area contributed by atoms with Crippen molar-refractivity contribution in [3.63, 3.8) is 0 Å². The SMILES string of the molecule is CCN1CCN(CC(O)C(C)CC2CN(C(O)CC(C)C)CC(=O)N2CC)CC1=O. The van der Waals surface area contributed by atoms with Crippen molar-refractivity contribution in [3.05, 3.63) is 0 Å². The first-order valence-corrected chi connectivity index (χ1v) is 11.6. The highest BCUT2D eigenvalue weighted by Gasteiger charge is 2.36. The van der Waals surface area contributed by atoms with Crippen molar-refractivity contribution in [1.82, 2.24) is 19.6 Å². The number of carbonyl (C=O) groups excluding carboxylic acids is 2. The number of β-amino-alcohol motifs (C(OH)–C–C–N with tert-alkyl or cyclic N) is 1. The maximum absolute atomic E-state index is 12.7. The highest BCUT2D eigenvalue weighted by molar-refractivity contribution is 5.79. The van der Waals surface area contributed by atoms with Gasteiger partial charge >= 0.3 is 0 Å². The van der Waals surface area contributed by atoms with E-state index in [1.54, 1.807) is 0 Å². The van der Waals surface area contributed by atoms with Crippen LogP contribution in [0.15, 0.2) is 0 Å². The van der Waals surface area contributed by atoms with Crippen molar-refractivity contribution in [2.45, 2.75) is 65.8 Å². The highest BCUT2D eigenvalue weighted by atomic mass is 16.3.